The van der Waals surface area contributed by atoms with Crippen molar-refractivity contribution in [2.24, 2.45) is 0 Å². The molecule has 1 aromatic rings. The average molecular weight is 277 g/mol. The lowest BCUT2D eigenvalue weighted by Crippen LogP contribution is -2.41. The number of epoxide rings is 1. The van der Waals surface area contributed by atoms with E-state index in [9.17, 15) is 4.79 Å². The molecule has 2 fully saturated rings. The second kappa shape index (κ2) is 5.42. The summed E-state index contributed by atoms with van der Waals surface area (Å²) < 4.78 is 16.4. The highest BCUT2D eigenvalue weighted by Crippen LogP contribution is 2.38. The second-order valence-corrected chi connectivity index (χ2v) is 5.06. The molecule has 5 heteroatoms. The third kappa shape index (κ3) is 2.39. The van der Waals surface area contributed by atoms with Crippen LogP contribution in [0.4, 0.5) is 4.79 Å². The van der Waals surface area contributed by atoms with Crippen LogP contribution < -0.4 is 0 Å². The number of amides is 1. The lowest BCUT2D eigenvalue weighted by Gasteiger charge is -2.26. The van der Waals surface area contributed by atoms with E-state index in [0.29, 0.717) is 13.2 Å². The Bertz CT molecular complexity index is 478. The highest BCUT2D eigenvalue weighted by molar-refractivity contribution is 5.69. The first-order chi connectivity index (χ1) is 9.72. The molecule has 0 aromatic heterocycles. The van der Waals surface area contributed by atoms with Gasteiger partial charge in [0.05, 0.1) is 25.4 Å². The van der Waals surface area contributed by atoms with Crippen LogP contribution in [0.1, 0.15) is 25.5 Å². The van der Waals surface area contributed by atoms with Crippen molar-refractivity contribution in [2.75, 3.05) is 13.2 Å². The number of hydrogen-bond donors (Lipinski definition) is 0. The van der Waals surface area contributed by atoms with Gasteiger partial charge in [-0.2, -0.15) is 0 Å². The summed E-state index contributed by atoms with van der Waals surface area (Å²) in [5, 5.41) is 0. The minimum Gasteiger partial charge on any atom is -0.450 e. The summed E-state index contributed by atoms with van der Waals surface area (Å²) in [6, 6.07) is 9.76. The summed E-state index contributed by atoms with van der Waals surface area (Å²) >= 11 is 0. The molecule has 0 saturated carbocycles. The van der Waals surface area contributed by atoms with Crippen LogP contribution in [0.5, 0.6) is 0 Å². The van der Waals surface area contributed by atoms with Crippen molar-refractivity contribution in [2.45, 2.75) is 38.3 Å². The van der Waals surface area contributed by atoms with Gasteiger partial charge in [0.25, 0.3) is 0 Å². The smallest absolute Gasteiger partial charge is 0.412 e. The fourth-order valence-corrected chi connectivity index (χ4v) is 2.64. The highest BCUT2D eigenvalue weighted by atomic mass is 16.6. The highest BCUT2D eigenvalue weighted by Gasteiger charge is 2.52. The number of rotatable bonds is 3. The Balaban J connectivity index is 1.84. The van der Waals surface area contributed by atoms with E-state index in [1.54, 1.807) is 11.8 Å². The van der Waals surface area contributed by atoms with Crippen LogP contribution in [0.15, 0.2) is 30.3 Å². The van der Waals surface area contributed by atoms with Gasteiger partial charge >= 0.3 is 6.09 Å². The molecule has 0 bridgehead atoms. The van der Waals surface area contributed by atoms with Gasteiger partial charge in [0.15, 0.2) is 6.23 Å². The predicted octanol–water partition coefficient (Wildman–Crippen LogP) is 2.33. The molecule has 3 rings (SSSR count). The molecule has 2 aliphatic heterocycles. The van der Waals surface area contributed by atoms with Gasteiger partial charge in [-0.3, -0.25) is 4.90 Å². The van der Waals surface area contributed by atoms with Gasteiger partial charge in [-0.05, 0) is 19.4 Å². The third-order valence-corrected chi connectivity index (χ3v) is 3.74. The Morgan fingerprint density at radius 3 is 2.70 bits per heavy atom. The SMILES string of the molecule is CCOC(=O)N1C([C@@H]2O[C@@H]2C)OC[C@H]1c1ccccc1. The molecule has 1 amide bonds. The summed E-state index contributed by atoms with van der Waals surface area (Å²) in [5.74, 6) is 0. The van der Waals surface area contributed by atoms with Crippen LogP contribution in [-0.2, 0) is 14.2 Å². The Hall–Kier alpha value is -1.59. The van der Waals surface area contributed by atoms with Crippen molar-refractivity contribution < 1.29 is 19.0 Å². The molecule has 4 atom stereocenters. The Morgan fingerprint density at radius 2 is 2.10 bits per heavy atom. The fraction of sp³-hybridized carbons (Fsp3) is 0.533. The van der Waals surface area contributed by atoms with Crippen LogP contribution in [0.2, 0.25) is 0 Å². The van der Waals surface area contributed by atoms with Gasteiger partial charge in [-0.1, -0.05) is 30.3 Å². The zero-order valence-corrected chi connectivity index (χ0v) is 11.7. The van der Waals surface area contributed by atoms with Gasteiger partial charge in [0.2, 0.25) is 0 Å². The van der Waals surface area contributed by atoms with Crippen molar-refractivity contribution in [1.29, 1.82) is 0 Å². The summed E-state index contributed by atoms with van der Waals surface area (Å²) in [6.45, 7) is 4.61. The van der Waals surface area contributed by atoms with Gasteiger partial charge in [-0.25, -0.2) is 4.79 Å². The van der Waals surface area contributed by atoms with Gasteiger partial charge in [0, 0.05) is 0 Å². The molecule has 1 aromatic carbocycles. The molecule has 2 aliphatic rings. The predicted molar refractivity (Wildman–Crippen MR) is 72.1 cm³/mol. The molecule has 0 N–H and O–H groups in total. The molecule has 5 nitrogen and oxygen atoms in total. The van der Waals surface area contributed by atoms with Crippen LogP contribution in [0.25, 0.3) is 0 Å². The van der Waals surface area contributed by atoms with Crippen molar-refractivity contribution >= 4 is 6.09 Å². The molecule has 0 spiro atoms. The van der Waals surface area contributed by atoms with Crippen LogP contribution in [-0.4, -0.2) is 42.6 Å². The van der Waals surface area contributed by atoms with Crippen molar-refractivity contribution in [3.8, 4) is 0 Å². The molecule has 0 radical (unpaired) electrons. The summed E-state index contributed by atoms with van der Waals surface area (Å²) in [5.41, 5.74) is 1.05. The number of carbonyl (C=O) groups excluding carboxylic acids is 1. The normalized spacial score (nSPS) is 32.2. The molecule has 0 aliphatic carbocycles. The van der Waals surface area contributed by atoms with E-state index in [-0.39, 0.29) is 30.6 Å². The van der Waals surface area contributed by atoms with Crippen LogP contribution >= 0.6 is 0 Å². The second-order valence-electron chi connectivity index (χ2n) is 5.06. The van der Waals surface area contributed by atoms with E-state index < -0.39 is 0 Å². The zero-order valence-electron chi connectivity index (χ0n) is 11.7. The first-order valence-electron chi connectivity index (χ1n) is 6.99. The summed E-state index contributed by atoms with van der Waals surface area (Å²) in [6.07, 6.45) is -0.611. The monoisotopic (exact) mass is 277 g/mol. The number of ether oxygens (including phenoxy) is 3. The number of nitrogens with zero attached hydrogens (tertiary/aromatic N) is 1. The van der Waals surface area contributed by atoms with E-state index in [2.05, 4.69) is 0 Å². The van der Waals surface area contributed by atoms with E-state index >= 15 is 0 Å². The van der Waals surface area contributed by atoms with Crippen molar-refractivity contribution in [1.82, 2.24) is 4.90 Å². The minimum absolute atomic E-state index is 0.0480. The lowest BCUT2D eigenvalue weighted by molar-refractivity contribution is 0.00524. The standard InChI is InChI=1S/C15H19NO4/c1-3-18-15(17)16-12(11-7-5-4-6-8-11)9-19-14(16)13-10(2)20-13/h4-8,10,12-14H,3,9H2,1-2H3/t10-,12+,13-,14?/m1/s1. The Kier molecular flexibility index (Phi) is 3.63. The minimum atomic E-state index is -0.353. The summed E-state index contributed by atoms with van der Waals surface area (Å²) in [4.78, 5) is 13.9. The van der Waals surface area contributed by atoms with Crippen LogP contribution in [0, 0.1) is 0 Å². The maximum atomic E-state index is 12.2. The molecular weight excluding hydrogens is 258 g/mol. The first kappa shape index (κ1) is 13.4. The molecule has 108 valence electrons. The fourth-order valence-electron chi connectivity index (χ4n) is 2.64. The molecule has 1 unspecified atom stereocenters. The maximum absolute atomic E-state index is 12.2. The Morgan fingerprint density at radius 1 is 1.40 bits per heavy atom. The van der Waals surface area contributed by atoms with Crippen molar-refractivity contribution in [3.63, 3.8) is 0 Å². The number of hydrogen-bond acceptors (Lipinski definition) is 4. The topological polar surface area (TPSA) is 51.3 Å². The van der Waals surface area contributed by atoms with Gasteiger partial charge in [-0.15, -0.1) is 0 Å². The van der Waals surface area contributed by atoms with E-state index in [0.717, 1.165) is 5.56 Å². The third-order valence-electron chi connectivity index (χ3n) is 3.74. The average Bonchev–Trinajstić information content (AvgIpc) is 3.03. The maximum Gasteiger partial charge on any atom is 0.412 e. The summed E-state index contributed by atoms with van der Waals surface area (Å²) in [7, 11) is 0. The lowest BCUT2D eigenvalue weighted by atomic mass is 10.1. The quantitative estimate of drug-likeness (QED) is 0.796. The number of benzene rings is 1. The molecule has 2 heterocycles. The molecular formula is C15H19NO4. The number of carbonyl (C=O) groups is 1. The molecule has 2 saturated heterocycles. The van der Waals surface area contributed by atoms with Gasteiger partial charge in [0.1, 0.15) is 6.10 Å². The largest absolute Gasteiger partial charge is 0.450 e. The zero-order chi connectivity index (χ0) is 14.1. The first-order valence-corrected chi connectivity index (χ1v) is 6.99. The van der Waals surface area contributed by atoms with E-state index in [4.69, 9.17) is 14.2 Å². The van der Waals surface area contributed by atoms with E-state index in [1.807, 2.05) is 37.3 Å². The Labute approximate surface area is 118 Å². The van der Waals surface area contributed by atoms with E-state index in [1.165, 1.54) is 0 Å². The van der Waals surface area contributed by atoms with Gasteiger partial charge < -0.3 is 14.2 Å². The molecule has 20 heavy (non-hydrogen) atoms. The van der Waals surface area contributed by atoms with Crippen molar-refractivity contribution in [3.05, 3.63) is 35.9 Å². The van der Waals surface area contributed by atoms with Crippen LogP contribution in [0.3, 0.4) is 0 Å².